The van der Waals surface area contributed by atoms with Crippen molar-refractivity contribution in [1.29, 1.82) is 0 Å². The molecule has 2 aliphatic heterocycles. The zero-order chi connectivity index (χ0) is 30.8. The van der Waals surface area contributed by atoms with Crippen LogP contribution in [0.1, 0.15) is 47.1 Å². The van der Waals surface area contributed by atoms with Crippen LogP contribution in [0.3, 0.4) is 0 Å². The van der Waals surface area contributed by atoms with Crippen molar-refractivity contribution >= 4 is 47.5 Å². The lowest BCUT2D eigenvalue weighted by Gasteiger charge is -2.26. The van der Waals surface area contributed by atoms with Gasteiger partial charge in [-0.1, -0.05) is 0 Å². The second-order valence-electron chi connectivity index (χ2n) is 11.4. The van der Waals surface area contributed by atoms with Crippen molar-refractivity contribution in [3.63, 3.8) is 0 Å². The van der Waals surface area contributed by atoms with Crippen molar-refractivity contribution in [1.82, 2.24) is 20.9 Å². The van der Waals surface area contributed by atoms with E-state index in [1.807, 2.05) is 0 Å². The van der Waals surface area contributed by atoms with Gasteiger partial charge in [-0.2, -0.15) is 23.5 Å². The number of nitrogens with one attached hydrogen (secondary N) is 3. The molecule has 1 aromatic rings. The zero-order valence-corrected chi connectivity index (χ0v) is 25.9. The third kappa shape index (κ3) is 13.6. The molecular formula is C27H40F2N4O6S2. The Hall–Kier alpha value is -2.74. The van der Waals surface area contributed by atoms with Gasteiger partial charge in [0.15, 0.2) is 0 Å². The van der Waals surface area contributed by atoms with E-state index in [2.05, 4.69) is 16.0 Å². The Bertz CT molecular complexity index is 1060. The highest BCUT2D eigenvalue weighted by molar-refractivity contribution is 7.99. The molecule has 2 aliphatic rings. The van der Waals surface area contributed by atoms with E-state index in [-0.39, 0.29) is 18.4 Å². The number of hydrogen-bond acceptors (Lipinski definition) is 8. The van der Waals surface area contributed by atoms with Gasteiger partial charge in [0.05, 0.1) is 0 Å². The minimum atomic E-state index is -0.735. The topological polar surface area (TPSA) is 126 Å². The molecule has 0 bridgehead atoms. The number of rotatable bonds is 4. The molecule has 2 saturated heterocycles. The van der Waals surface area contributed by atoms with Crippen molar-refractivity contribution in [3.8, 4) is 0 Å². The lowest BCUT2D eigenvalue weighted by molar-refractivity contribution is -0.133. The molecule has 0 aromatic heterocycles. The maximum atomic E-state index is 13.3. The quantitative estimate of drug-likeness (QED) is 0.467. The molecular weight excluding hydrogens is 578 g/mol. The second-order valence-corrected chi connectivity index (χ2v) is 13.7. The fraction of sp³-hybridized carbons (Fsp3) is 0.630. The molecule has 41 heavy (non-hydrogen) atoms. The van der Waals surface area contributed by atoms with Crippen molar-refractivity contribution in [2.24, 2.45) is 0 Å². The first-order valence-electron chi connectivity index (χ1n) is 13.2. The van der Waals surface area contributed by atoms with Gasteiger partial charge in [-0.05, 0) is 59.2 Å². The average molecular weight is 619 g/mol. The number of halogens is 2. The van der Waals surface area contributed by atoms with Gasteiger partial charge in [0.25, 0.3) is 0 Å². The van der Waals surface area contributed by atoms with Crippen molar-refractivity contribution < 1.29 is 37.4 Å². The molecule has 10 nitrogen and oxygen atoms in total. The van der Waals surface area contributed by atoms with E-state index in [1.54, 1.807) is 53.3 Å². The van der Waals surface area contributed by atoms with E-state index in [0.29, 0.717) is 35.9 Å². The van der Waals surface area contributed by atoms with Crippen LogP contribution in [-0.4, -0.2) is 88.3 Å². The predicted molar refractivity (Wildman–Crippen MR) is 156 cm³/mol. The summed E-state index contributed by atoms with van der Waals surface area (Å²) in [6.45, 7) is 11.7. The highest BCUT2D eigenvalue weighted by Gasteiger charge is 2.30. The van der Waals surface area contributed by atoms with Crippen LogP contribution in [0.2, 0.25) is 0 Å². The van der Waals surface area contributed by atoms with Gasteiger partial charge in [0.1, 0.15) is 34.9 Å². The molecule has 3 rings (SSSR count). The van der Waals surface area contributed by atoms with Gasteiger partial charge in [-0.3, -0.25) is 9.59 Å². The zero-order valence-electron chi connectivity index (χ0n) is 24.3. The first kappa shape index (κ1) is 34.5. The number of benzene rings is 1. The molecule has 4 amide bonds. The first-order chi connectivity index (χ1) is 19.0. The number of carbonyl (C=O) groups is 4. The van der Waals surface area contributed by atoms with E-state index in [0.717, 1.165) is 11.8 Å². The number of alkyl carbamates (subject to hydrolysis) is 2. The molecule has 2 heterocycles. The molecule has 2 fully saturated rings. The smallest absolute Gasteiger partial charge is 0.408 e. The third-order valence-electron chi connectivity index (χ3n) is 5.22. The third-order valence-corrected chi connectivity index (χ3v) is 7.33. The van der Waals surface area contributed by atoms with E-state index in [1.165, 1.54) is 28.8 Å². The predicted octanol–water partition coefficient (Wildman–Crippen LogP) is 3.68. The fourth-order valence-corrected chi connectivity index (χ4v) is 5.48. The largest absolute Gasteiger partial charge is 0.444 e. The van der Waals surface area contributed by atoms with Gasteiger partial charge in [-0.25, -0.2) is 18.4 Å². The van der Waals surface area contributed by atoms with Crippen LogP contribution in [-0.2, 0) is 25.6 Å². The van der Waals surface area contributed by atoms with Crippen LogP contribution >= 0.6 is 23.5 Å². The van der Waals surface area contributed by atoms with Crippen LogP contribution in [0.25, 0.3) is 0 Å². The van der Waals surface area contributed by atoms with Crippen LogP contribution in [0.5, 0.6) is 0 Å². The monoisotopic (exact) mass is 618 g/mol. The Balaban J connectivity index is 0.000000317. The maximum absolute atomic E-state index is 13.3. The van der Waals surface area contributed by atoms with Gasteiger partial charge < -0.3 is 30.3 Å². The number of hydrogen-bond donors (Lipinski definition) is 3. The molecule has 14 heteroatoms. The SMILES string of the molecule is CC(C)(C)OC(=O)NC1CSCCN(Cc2cc(F)cc(F)c2)C1=O.CC(C)(C)OC(=O)NC1CSCCNC1=O. The number of amides is 4. The molecule has 1 aromatic carbocycles. The Morgan fingerprint density at radius 2 is 1.41 bits per heavy atom. The average Bonchev–Trinajstić information content (AvgIpc) is 3.10. The van der Waals surface area contributed by atoms with Crippen LogP contribution in [0, 0.1) is 11.6 Å². The molecule has 0 saturated carbocycles. The molecule has 0 spiro atoms. The fourth-order valence-electron chi connectivity index (χ4n) is 3.61. The van der Waals surface area contributed by atoms with Gasteiger partial charge in [0.2, 0.25) is 11.8 Å². The Morgan fingerprint density at radius 3 is 1.98 bits per heavy atom. The minimum Gasteiger partial charge on any atom is -0.444 e. The number of ether oxygens (including phenoxy) is 2. The number of nitrogens with zero attached hydrogens (tertiary/aromatic N) is 1. The summed E-state index contributed by atoms with van der Waals surface area (Å²) in [6, 6.07) is 1.95. The molecule has 2 unspecified atom stereocenters. The second kappa shape index (κ2) is 15.5. The normalized spacial score (nSPS) is 20.0. The molecule has 0 aliphatic carbocycles. The lowest BCUT2D eigenvalue weighted by Crippen LogP contribution is -2.49. The number of carbonyl (C=O) groups excluding carboxylic acids is 4. The summed E-state index contributed by atoms with van der Waals surface area (Å²) in [4.78, 5) is 49.1. The first-order valence-corrected chi connectivity index (χ1v) is 15.5. The Morgan fingerprint density at radius 1 is 0.902 bits per heavy atom. The van der Waals surface area contributed by atoms with Crippen LogP contribution in [0.4, 0.5) is 18.4 Å². The summed E-state index contributed by atoms with van der Waals surface area (Å²) in [5, 5.41) is 7.89. The summed E-state index contributed by atoms with van der Waals surface area (Å²) in [5.41, 5.74) is -0.837. The highest BCUT2D eigenvalue weighted by Crippen LogP contribution is 2.17. The van der Waals surface area contributed by atoms with Crippen molar-refractivity contribution in [2.45, 2.75) is 71.4 Å². The summed E-state index contributed by atoms with van der Waals surface area (Å²) in [5.74, 6) is 0.757. The Kier molecular flexibility index (Phi) is 13.0. The lowest BCUT2D eigenvalue weighted by atomic mass is 10.2. The maximum Gasteiger partial charge on any atom is 0.408 e. The molecule has 2 atom stereocenters. The van der Waals surface area contributed by atoms with E-state index >= 15 is 0 Å². The Labute approximate surface area is 248 Å². The van der Waals surface area contributed by atoms with Crippen molar-refractivity contribution in [2.75, 3.05) is 36.1 Å². The summed E-state index contributed by atoms with van der Waals surface area (Å²) >= 11 is 3.16. The van der Waals surface area contributed by atoms with Crippen LogP contribution < -0.4 is 16.0 Å². The van der Waals surface area contributed by atoms with Gasteiger partial charge >= 0.3 is 12.2 Å². The summed E-state index contributed by atoms with van der Waals surface area (Å²) < 4.78 is 37.0. The summed E-state index contributed by atoms with van der Waals surface area (Å²) in [7, 11) is 0. The highest BCUT2D eigenvalue weighted by atomic mass is 32.2. The molecule has 3 N–H and O–H groups in total. The van der Waals surface area contributed by atoms with Gasteiger partial charge in [0, 0.05) is 48.7 Å². The van der Waals surface area contributed by atoms with E-state index in [4.69, 9.17) is 9.47 Å². The molecule has 230 valence electrons. The minimum absolute atomic E-state index is 0.0839. The summed E-state index contributed by atoms with van der Waals surface area (Å²) in [6.07, 6.45) is -1.21. The number of thioether (sulfide) groups is 2. The van der Waals surface area contributed by atoms with Crippen LogP contribution in [0.15, 0.2) is 18.2 Å². The van der Waals surface area contributed by atoms with E-state index in [9.17, 15) is 28.0 Å². The van der Waals surface area contributed by atoms with E-state index < -0.39 is 47.1 Å². The standard InChI is InChI=1S/C17H22F2N2O3S.C10H18N2O3S/c1-17(2,3)24-16(23)20-14-10-25-5-4-21(15(14)22)9-11-6-12(18)8-13(19)7-11;1-10(2,3)15-9(14)12-7-6-16-5-4-11-8(7)13/h6-8,14H,4-5,9-10H2,1-3H3,(H,20,23);7H,4-6H2,1-3H3,(H,11,13)(H,12,14). The van der Waals surface area contributed by atoms with Gasteiger partial charge in [-0.15, -0.1) is 0 Å². The molecule has 0 radical (unpaired) electrons. The van der Waals surface area contributed by atoms with Crippen molar-refractivity contribution in [3.05, 3.63) is 35.4 Å².